The average Bonchev–Trinajstić information content (AvgIpc) is 1.62. The maximum absolute atomic E-state index is 13.4. The molecular weight excluding hydrogens is 1500 g/mol. The van der Waals surface area contributed by atoms with Crippen molar-refractivity contribution >= 4 is 131 Å². The molecule has 18 heterocycles. The summed E-state index contributed by atoms with van der Waals surface area (Å²) in [5, 5.41) is -0.573. The molecule has 0 aromatic carbocycles. The summed E-state index contributed by atoms with van der Waals surface area (Å²) >= 11 is 0. The number of halogens is 2. The number of nitrogens with one attached hydrogen (secondary N) is 8. The zero-order chi connectivity index (χ0) is 74.8. The predicted octanol–water partition coefficient (Wildman–Crippen LogP) is 9.15. The van der Waals surface area contributed by atoms with E-state index in [4.69, 9.17) is 18.9 Å². The van der Waals surface area contributed by atoms with Crippen molar-refractivity contribution in [2.45, 2.75) is 156 Å². The van der Waals surface area contributed by atoms with Crippen molar-refractivity contribution in [2.24, 2.45) is 0 Å². The number of nitrogens with zero attached hydrogens (tertiary/aromatic N) is 14. The van der Waals surface area contributed by atoms with E-state index in [-0.39, 0.29) is 29.4 Å². The fourth-order valence-corrected chi connectivity index (χ4v) is 21.0. The molecule has 12 aromatic rings. The maximum Gasteiger partial charge on any atom is 0.302 e. The van der Waals surface area contributed by atoms with Crippen molar-refractivity contribution in [3.8, 4) is 0 Å². The van der Waals surface area contributed by atoms with E-state index < -0.39 is 59.2 Å². The quantitative estimate of drug-likeness (QED) is 0.0446. The Morgan fingerprint density at radius 3 is 0.936 bits per heavy atom. The Labute approximate surface area is 625 Å². The van der Waals surface area contributed by atoms with E-state index in [1.165, 1.54) is 21.0 Å². The number of rotatable bonds is 16. The third-order valence-electron chi connectivity index (χ3n) is 22.1. The standard InChI is InChI=1S/C18H22F2N6O3S.C18H24N6O3S.C17H21N5O3S.C16H19N5O3S/c19-18(20)3-5-25(6-4-18)30(27,28)24-14-11-26-15(23-14)10-22-17-16(26)13(9-21-17)12-1-7-29-8-2-12;25-28(26,23-6-2-1-3-7-23)22-15-12-24-16(21-15)11-20-18-17(24)14(10-19-18)13-4-8-27-9-5-13;23-26(24,12-2-1-3-12)21-14-10-22-15(20-14)9-19-17-16(22)13(8-18-17)11-4-6-25-7-5-11;22-25(23,11-1-2-11)20-13-9-21-14(19-13)8-18-16-15(21)12(7-17-16)10-3-5-24-6-4-10/h9-12,21,24H,1-8H2;10-13,19,22H,1-9H2;8-12,18,21H,1-7H2;7-11,17,20H,1-6H2. The van der Waals surface area contributed by atoms with Gasteiger partial charge < -0.3 is 38.9 Å². The lowest BCUT2D eigenvalue weighted by molar-refractivity contribution is -0.0411. The Balaban J connectivity index is 0.000000106. The number of hydrogen-bond acceptors (Lipinski definition) is 20. The molecule has 20 rings (SSSR count). The summed E-state index contributed by atoms with van der Waals surface area (Å²) < 4.78 is 169. The van der Waals surface area contributed by atoms with Gasteiger partial charge in [0.25, 0.3) is 5.92 Å². The zero-order valence-electron chi connectivity index (χ0n) is 59.7. The molecule has 6 saturated heterocycles. The highest BCUT2D eigenvalue weighted by molar-refractivity contribution is 7.93. The Morgan fingerprint density at radius 1 is 0.367 bits per heavy atom. The van der Waals surface area contributed by atoms with E-state index in [0.29, 0.717) is 95.7 Å². The van der Waals surface area contributed by atoms with E-state index in [1.54, 1.807) is 49.6 Å². The SMILES string of the molecule is O=S(=O)(Nc1cn2c(cnc3[nH]cc(C4CCOCC4)c32)n1)C1CC1.O=S(=O)(Nc1cn2c(cnc3[nH]cc(C4CCOCC4)c32)n1)C1CCC1.O=S(=O)(Nc1cn2c(cnc3[nH]cc(C4CCOCC4)c32)n1)N1CCC(F)(F)CC1.O=S(=O)(Nc1cn2c(cnc3[nH]cc(C4CCOCC4)c32)n1)N1CCCCC1. The number of aromatic nitrogens is 16. The highest BCUT2D eigenvalue weighted by Gasteiger charge is 2.40. The number of anilines is 4. The summed E-state index contributed by atoms with van der Waals surface area (Å²) in [6, 6.07) is 0. The minimum absolute atomic E-state index is 0.126. The Morgan fingerprint density at radius 2 is 0.651 bits per heavy atom. The van der Waals surface area contributed by atoms with Gasteiger partial charge in [-0.15, -0.1) is 0 Å². The molecule has 12 aromatic heterocycles. The summed E-state index contributed by atoms with van der Waals surface area (Å²) in [5.74, 6) is -0.152. The first-order chi connectivity index (χ1) is 52.7. The van der Waals surface area contributed by atoms with Crippen LogP contribution in [0.4, 0.5) is 32.1 Å². The van der Waals surface area contributed by atoms with Crippen molar-refractivity contribution in [1.29, 1.82) is 0 Å². The van der Waals surface area contributed by atoms with Crippen LogP contribution in [0, 0.1) is 0 Å². The monoisotopic (exact) mass is 1580 g/mol. The van der Waals surface area contributed by atoms with Crippen molar-refractivity contribution in [2.75, 3.05) is 97.9 Å². The molecule has 0 atom stereocenters. The Bertz CT molecular complexity index is 5790. The van der Waals surface area contributed by atoms with Gasteiger partial charge in [0, 0.05) is 117 Å². The first-order valence-electron chi connectivity index (χ1n) is 37.4. The number of ether oxygens (including phenoxy) is 4. The second-order valence-corrected chi connectivity index (χ2v) is 36.5. The second-order valence-electron chi connectivity index (χ2n) is 29.2. The van der Waals surface area contributed by atoms with Gasteiger partial charge in [-0.3, -0.25) is 36.5 Å². The summed E-state index contributed by atoms with van der Waals surface area (Å²) in [7, 11) is -14.3. The van der Waals surface area contributed by atoms with Gasteiger partial charge in [0.05, 0.1) is 82.1 Å². The molecule has 6 aliphatic heterocycles. The fraction of sp³-hybridized carbons (Fsp3) is 0.536. The van der Waals surface area contributed by atoms with Crippen LogP contribution in [0.3, 0.4) is 0 Å². The first kappa shape index (κ1) is 73.1. The van der Waals surface area contributed by atoms with E-state index in [1.807, 2.05) is 42.4 Å². The van der Waals surface area contributed by atoms with Crippen molar-refractivity contribution < 1.29 is 61.4 Å². The largest absolute Gasteiger partial charge is 0.381 e. The molecule has 34 nitrogen and oxygen atoms in total. The fourth-order valence-electron chi connectivity index (χ4n) is 15.8. The molecule has 109 heavy (non-hydrogen) atoms. The van der Waals surface area contributed by atoms with Gasteiger partial charge in [0.15, 0.2) is 68.4 Å². The third-order valence-corrected chi connectivity index (χ3v) is 28.8. The van der Waals surface area contributed by atoms with E-state index >= 15 is 0 Å². The van der Waals surface area contributed by atoms with Crippen LogP contribution in [0.15, 0.2) is 74.4 Å². The zero-order valence-corrected chi connectivity index (χ0v) is 62.9. The highest BCUT2D eigenvalue weighted by atomic mass is 32.2. The Hall–Kier alpha value is -8.74. The third kappa shape index (κ3) is 15.2. The van der Waals surface area contributed by atoms with Crippen LogP contribution < -0.4 is 18.9 Å². The van der Waals surface area contributed by atoms with E-state index in [9.17, 15) is 42.5 Å². The van der Waals surface area contributed by atoms with Crippen molar-refractivity contribution in [1.82, 2.24) is 86.0 Å². The van der Waals surface area contributed by atoms with Gasteiger partial charge in [-0.05, 0) is 136 Å². The van der Waals surface area contributed by atoms with Gasteiger partial charge >= 0.3 is 20.4 Å². The molecule has 8 N–H and O–H groups in total. The lowest BCUT2D eigenvalue weighted by atomic mass is 9.93. The van der Waals surface area contributed by atoms with Crippen molar-refractivity contribution in [3.05, 3.63) is 96.6 Å². The number of fused-ring (bicyclic) bond motifs is 12. The molecule has 2 aliphatic carbocycles. The summed E-state index contributed by atoms with van der Waals surface area (Å²) in [5.41, 5.74) is 13.8. The summed E-state index contributed by atoms with van der Waals surface area (Å²) in [6.07, 6.45) is 34.7. The van der Waals surface area contributed by atoms with Crippen LogP contribution in [-0.2, 0) is 59.4 Å². The molecule has 2 saturated carbocycles. The first-order valence-corrected chi connectivity index (χ1v) is 43.3. The number of alkyl halides is 2. The van der Waals surface area contributed by atoms with Gasteiger partial charge in [-0.25, -0.2) is 65.5 Å². The minimum Gasteiger partial charge on any atom is -0.381 e. The summed E-state index contributed by atoms with van der Waals surface area (Å²) in [6.45, 7) is 6.61. The predicted molar refractivity (Wildman–Crippen MR) is 403 cm³/mol. The van der Waals surface area contributed by atoms with E-state index in [0.717, 1.165) is 191 Å². The molecule has 8 aliphatic rings. The molecule has 582 valence electrons. The molecule has 0 radical (unpaired) electrons. The van der Waals surface area contributed by atoms with E-state index in [2.05, 4.69) is 78.7 Å². The number of piperidine rings is 2. The maximum atomic E-state index is 13.4. The highest BCUT2D eigenvalue weighted by Crippen LogP contribution is 2.39. The van der Waals surface area contributed by atoms with Gasteiger partial charge in [-0.2, -0.15) is 25.4 Å². The minimum atomic E-state index is -3.98. The van der Waals surface area contributed by atoms with Crippen molar-refractivity contribution in [3.63, 3.8) is 0 Å². The molecule has 0 amide bonds. The van der Waals surface area contributed by atoms with Gasteiger partial charge in [0.2, 0.25) is 20.0 Å². The van der Waals surface area contributed by atoms with Crippen LogP contribution in [0.5, 0.6) is 0 Å². The van der Waals surface area contributed by atoms with Crippen LogP contribution in [-0.4, -0.2) is 215 Å². The molecule has 0 unspecified atom stereocenters. The van der Waals surface area contributed by atoms with Gasteiger partial charge in [0.1, 0.15) is 0 Å². The topological polar surface area (TPSA) is 412 Å². The Kier molecular flexibility index (Phi) is 20.0. The number of imidazole rings is 4. The number of H-pyrrole nitrogens is 4. The molecule has 40 heteroatoms. The molecule has 8 fully saturated rings. The normalized spacial score (nSPS) is 20.3. The van der Waals surface area contributed by atoms with Gasteiger partial charge in [-0.1, -0.05) is 12.8 Å². The number of aromatic amines is 4. The lowest BCUT2D eigenvalue weighted by Crippen LogP contribution is -2.45. The van der Waals surface area contributed by atoms with Crippen LogP contribution in [0.25, 0.3) is 67.2 Å². The second kappa shape index (κ2) is 29.8. The molecule has 0 spiro atoms. The number of sulfonamides is 2. The smallest absolute Gasteiger partial charge is 0.302 e. The summed E-state index contributed by atoms with van der Waals surface area (Å²) in [4.78, 5) is 48.2. The number of hydrogen-bond donors (Lipinski definition) is 8. The molecular formula is C69H86F2N22O12S4. The van der Waals surface area contributed by atoms with Crippen LogP contribution >= 0.6 is 0 Å². The van der Waals surface area contributed by atoms with Crippen LogP contribution in [0.2, 0.25) is 0 Å². The van der Waals surface area contributed by atoms with Crippen LogP contribution in [0.1, 0.15) is 162 Å². The lowest BCUT2D eigenvalue weighted by Gasteiger charge is -2.30. The average molecular weight is 1580 g/mol. The molecule has 0 bridgehead atoms.